The first-order valence-corrected chi connectivity index (χ1v) is 9.42. The molecule has 4 heteroatoms. The van der Waals surface area contributed by atoms with E-state index in [1.807, 2.05) is 24.3 Å². The van der Waals surface area contributed by atoms with Crippen LogP contribution in [0.3, 0.4) is 0 Å². The highest BCUT2D eigenvalue weighted by molar-refractivity contribution is 5.94. The third kappa shape index (κ3) is 5.19. The first-order chi connectivity index (χ1) is 12.7. The summed E-state index contributed by atoms with van der Waals surface area (Å²) in [5.41, 5.74) is 5.33. The predicted octanol–water partition coefficient (Wildman–Crippen LogP) is 4.62. The van der Waals surface area contributed by atoms with Gasteiger partial charge >= 0.3 is 0 Å². The van der Waals surface area contributed by atoms with Crippen molar-refractivity contribution in [1.29, 1.82) is 0 Å². The van der Waals surface area contributed by atoms with E-state index in [-0.39, 0.29) is 5.91 Å². The largest absolute Gasteiger partial charge is 0.383 e. The molecule has 0 unspecified atom stereocenters. The number of anilines is 1. The summed E-state index contributed by atoms with van der Waals surface area (Å²) in [6.45, 7) is 3.45. The van der Waals surface area contributed by atoms with Gasteiger partial charge in [-0.15, -0.1) is 0 Å². The number of rotatable bonds is 7. The quantitative estimate of drug-likeness (QED) is 0.717. The number of carbonyl (C=O) groups is 1. The molecule has 1 aliphatic carbocycles. The predicted molar refractivity (Wildman–Crippen MR) is 106 cm³/mol. The summed E-state index contributed by atoms with van der Waals surface area (Å²) in [4.78, 5) is 16.6. The van der Waals surface area contributed by atoms with E-state index in [9.17, 15) is 4.79 Å². The first kappa shape index (κ1) is 18.2. The molecule has 1 aliphatic rings. The number of aryl methyl sites for hydroxylation is 1. The third-order valence-corrected chi connectivity index (χ3v) is 4.86. The zero-order valence-corrected chi connectivity index (χ0v) is 15.4. The molecule has 0 radical (unpaired) electrons. The standard InChI is InChI=1S/C22H27N3O/c1-17-7-5-6-10-19(17)15-25-22(26)20-13-21(16-23-14-20)24-12-11-18-8-3-2-4-9-18/h5-8,10,13-14,16,24H,2-4,9,11-12,15H2,1H3,(H,25,26). The average Bonchev–Trinajstić information content (AvgIpc) is 2.68. The summed E-state index contributed by atoms with van der Waals surface area (Å²) < 4.78 is 0. The Kier molecular flexibility index (Phi) is 6.42. The minimum atomic E-state index is -0.0978. The van der Waals surface area contributed by atoms with Crippen molar-refractivity contribution in [2.75, 3.05) is 11.9 Å². The number of hydrogen-bond donors (Lipinski definition) is 2. The number of benzene rings is 1. The van der Waals surface area contributed by atoms with Gasteiger partial charge in [0.05, 0.1) is 11.3 Å². The van der Waals surface area contributed by atoms with Crippen LogP contribution in [-0.2, 0) is 6.54 Å². The zero-order chi connectivity index (χ0) is 18.2. The normalized spacial score (nSPS) is 13.8. The Bertz CT molecular complexity index is 782. The minimum Gasteiger partial charge on any atom is -0.383 e. The van der Waals surface area contributed by atoms with E-state index in [0.717, 1.165) is 24.2 Å². The molecule has 0 atom stereocenters. The topological polar surface area (TPSA) is 54.0 Å². The number of nitrogens with one attached hydrogen (secondary N) is 2. The third-order valence-electron chi connectivity index (χ3n) is 4.86. The van der Waals surface area contributed by atoms with Crippen LogP contribution in [0.15, 0.2) is 54.4 Å². The van der Waals surface area contributed by atoms with E-state index < -0.39 is 0 Å². The van der Waals surface area contributed by atoms with Gasteiger partial charge in [-0.3, -0.25) is 9.78 Å². The van der Waals surface area contributed by atoms with Gasteiger partial charge in [0.1, 0.15) is 0 Å². The summed E-state index contributed by atoms with van der Waals surface area (Å²) in [5.74, 6) is -0.0978. The minimum absolute atomic E-state index is 0.0978. The average molecular weight is 349 g/mol. The summed E-state index contributed by atoms with van der Waals surface area (Å²) >= 11 is 0. The Labute approximate surface area is 155 Å². The molecule has 0 fully saturated rings. The fraction of sp³-hybridized carbons (Fsp3) is 0.364. The molecule has 0 aliphatic heterocycles. The van der Waals surface area contributed by atoms with Crippen molar-refractivity contribution in [3.63, 3.8) is 0 Å². The van der Waals surface area contributed by atoms with Gasteiger partial charge in [0.15, 0.2) is 0 Å². The van der Waals surface area contributed by atoms with Crippen LogP contribution in [0.5, 0.6) is 0 Å². The van der Waals surface area contributed by atoms with Crippen molar-refractivity contribution in [2.24, 2.45) is 0 Å². The molecule has 2 aromatic rings. The summed E-state index contributed by atoms with van der Waals surface area (Å²) in [5, 5.41) is 6.36. The molecule has 0 saturated carbocycles. The van der Waals surface area contributed by atoms with Gasteiger partial charge in [-0.2, -0.15) is 0 Å². The summed E-state index contributed by atoms with van der Waals surface area (Å²) in [6, 6.07) is 9.95. The van der Waals surface area contributed by atoms with Gasteiger partial charge in [-0.05, 0) is 56.2 Å². The summed E-state index contributed by atoms with van der Waals surface area (Å²) in [6.07, 6.45) is 11.9. The van der Waals surface area contributed by atoms with Crippen LogP contribution in [0, 0.1) is 6.92 Å². The molecule has 1 aromatic heterocycles. The van der Waals surface area contributed by atoms with Crippen molar-refractivity contribution >= 4 is 11.6 Å². The lowest BCUT2D eigenvalue weighted by Gasteiger charge is -2.13. The van der Waals surface area contributed by atoms with Gasteiger partial charge in [0.25, 0.3) is 5.91 Å². The van der Waals surface area contributed by atoms with Crippen LogP contribution in [0.4, 0.5) is 5.69 Å². The molecule has 3 rings (SSSR count). The highest BCUT2D eigenvalue weighted by atomic mass is 16.1. The molecule has 0 saturated heterocycles. The molecular formula is C22H27N3O. The number of hydrogen-bond acceptors (Lipinski definition) is 3. The van der Waals surface area contributed by atoms with Gasteiger partial charge < -0.3 is 10.6 Å². The molecule has 1 amide bonds. The molecule has 2 N–H and O–H groups in total. The van der Waals surface area contributed by atoms with Crippen LogP contribution in [-0.4, -0.2) is 17.4 Å². The van der Waals surface area contributed by atoms with Crippen LogP contribution in [0.2, 0.25) is 0 Å². The van der Waals surface area contributed by atoms with Crippen molar-refractivity contribution in [2.45, 2.75) is 45.6 Å². The van der Waals surface area contributed by atoms with Crippen molar-refractivity contribution in [1.82, 2.24) is 10.3 Å². The molecule has 0 spiro atoms. The summed E-state index contributed by atoms with van der Waals surface area (Å²) in [7, 11) is 0. The number of carbonyl (C=O) groups excluding carboxylic acids is 1. The van der Waals surface area contributed by atoms with E-state index in [2.05, 4.69) is 34.7 Å². The molecule has 1 aromatic carbocycles. The lowest BCUT2D eigenvalue weighted by Crippen LogP contribution is -2.23. The second kappa shape index (κ2) is 9.18. The van der Waals surface area contributed by atoms with E-state index >= 15 is 0 Å². The van der Waals surface area contributed by atoms with E-state index in [0.29, 0.717) is 12.1 Å². The maximum Gasteiger partial charge on any atom is 0.253 e. The lowest BCUT2D eigenvalue weighted by molar-refractivity contribution is 0.0950. The molecular weight excluding hydrogens is 322 g/mol. The number of nitrogens with zero attached hydrogens (tertiary/aromatic N) is 1. The van der Waals surface area contributed by atoms with Gasteiger partial charge in [-0.1, -0.05) is 35.9 Å². The van der Waals surface area contributed by atoms with E-state index in [1.165, 1.54) is 31.2 Å². The van der Waals surface area contributed by atoms with Crippen LogP contribution < -0.4 is 10.6 Å². The van der Waals surface area contributed by atoms with Crippen molar-refractivity contribution in [3.8, 4) is 0 Å². The second-order valence-electron chi connectivity index (χ2n) is 6.86. The lowest BCUT2D eigenvalue weighted by atomic mass is 9.97. The second-order valence-corrected chi connectivity index (χ2v) is 6.86. The molecule has 0 bridgehead atoms. The molecule has 26 heavy (non-hydrogen) atoms. The maximum atomic E-state index is 12.4. The molecule has 1 heterocycles. The maximum absolute atomic E-state index is 12.4. The first-order valence-electron chi connectivity index (χ1n) is 9.42. The van der Waals surface area contributed by atoms with Gasteiger partial charge in [-0.25, -0.2) is 0 Å². The van der Waals surface area contributed by atoms with Crippen LogP contribution in [0.25, 0.3) is 0 Å². The number of allylic oxidation sites excluding steroid dienone is 1. The molecule has 136 valence electrons. The van der Waals surface area contributed by atoms with E-state index in [1.54, 1.807) is 18.0 Å². The number of aromatic nitrogens is 1. The van der Waals surface area contributed by atoms with Crippen molar-refractivity contribution < 1.29 is 4.79 Å². The van der Waals surface area contributed by atoms with Crippen LogP contribution >= 0.6 is 0 Å². The Morgan fingerprint density at radius 3 is 2.88 bits per heavy atom. The Balaban J connectivity index is 1.52. The van der Waals surface area contributed by atoms with Gasteiger partial charge in [0, 0.05) is 25.5 Å². The fourth-order valence-electron chi connectivity index (χ4n) is 3.25. The highest BCUT2D eigenvalue weighted by Crippen LogP contribution is 2.20. The smallest absolute Gasteiger partial charge is 0.253 e. The van der Waals surface area contributed by atoms with E-state index in [4.69, 9.17) is 0 Å². The fourth-order valence-corrected chi connectivity index (χ4v) is 3.25. The van der Waals surface area contributed by atoms with Crippen molar-refractivity contribution in [3.05, 3.63) is 71.1 Å². The monoisotopic (exact) mass is 349 g/mol. The number of amides is 1. The Morgan fingerprint density at radius 2 is 2.08 bits per heavy atom. The van der Waals surface area contributed by atoms with Crippen LogP contribution in [0.1, 0.15) is 53.6 Å². The highest BCUT2D eigenvalue weighted by Gasteiger charge is 2.08. The zero-order valence-electron chi connectivity index (χ0n) is 15.4. The molecule has 4 nitrogen and oxygen atoms in total. The Morgan fingerprint density at radius 1 is 1.19 bits per heavy atom. The number of pyridine rings is 1. The SMILES string of the molecule is Cc1ccccc1CNC(=O)c1cncc(NCCC2=CCCCC2)c1. The van der Waals surface area contributed by atoms with Gasteiger partial charge in [0.2, 0.25) is 0 Å². The Hall–Kier alpha value is -2.62.